The molecule has 1 rings (SSSR count). The van der Waals surface area contributed by atoms with Crippen LogP contribution in [0.15, 0.2) is 11.3 Å². The minimum atomic E-state index is -0.253. The van der Waals surface area contributed by atoms with Crippen LogP contribution in [0.1, 0.15) is 20.3 Å². The Balaban J connectivity index is 2.74. The second-order valence-corrected chi connectivity index (χ2v) is 3.10. The summed E-state index contributed by atoms with van der Waals surface area (Å²) < 4.78 is 0. The largest absolute Gasteiger partial charge is 0.293 e. The van der Waals surface area contributed by atoms with Crippen LogP contribution >= 0.6 is 0 Å². The van der Waals surface area contributed by atoms with Crippen LogP contribution in [0.5, 0.6) is 0 Å². The summed E-state index contributed by atoms with van der Waals surface area (Å²) in [6, 6.07) is 0. The van der Waals surface area contributed by atoms with Gasteiger partial charge in [0, 0.05) is 12.1 Å². The molecular formula is C8H14N2O2. The third-order valence-electron chi connectivity index (χ3n) is 2.34. The van der Waals surface area contributed by atoms with E-state index in [0.29, 0.717) is 12.2 Å². The van der Waals surface area contributed by atoms with E-state index in [2.05, 4.69) is 4.90 Å². The zero-order valence-corrected chi connectivity index (χ0v) is 7.54. The molecule has 12 heavy (non-hydrogen) atoms. The third-order valence-corrected chi connectivity index (χ3v) is 2.34. The number of hydrogen-bond acceptors (Lipinski definition) is 3. The van der Waals surface area contributed by atoms with Gasteiger partial charge in [0.2, 0.25) is 0 Å². The molecule has 0 spiro atoms. The van der Waals surface area contributed by atoms with Crippen molar-refractivity contribution in [2.24, 2.45) is 0 Å². The van der Waals surface area contributed by atoms with E-state index in [9.17, 15) is 10.1 Å². The SMILES string of the molecule is CCN1CCC(C)=C([N+](=O)[O-])C1. The maximum Gasteiger partial charge on any atom is 0.259 e. The average molecular weight is 170 g/mol. The highest BCUT2D eigenvalue weighted by molar-refractivity contribution is 5.10. The smallest absolute Gasteiger partial charge is 0.259 e. The summed E-state index contributed by atoms with van der Waals surface area (Å²) in [6.45, 7) is 6.24. The Morgan fingerprint density at radius 3 is 2.83 bits per heavy atom. The Morgan fingerprint density at radius 1 is 1.67 bits per heavy atom. The molecule has 1 aliphatic rings. The minimum Gasteiger partial charge on any atom is -0.293 e. The van der Waals surface area contributed by atoms with Crippen LogP contribution in [-0.4, -0.2) is 29.5 Å². The third kappa shape index (κ3) is 1.82. The number of hydrogen-bond donors (Lipinski definition) is 0. The molecule has 0 aromatic carbocycles. The van der Waals surface area contributed by atoms with Crippen LogP contribution in [0.3, 0.4) is 0 Å². The summed E-state index contributed by atoms with van der Waals surface area (Å²) in [5.74, 6) is 0. The monoisotopic (exact) mass is 170 g/mol. The van der Waals surface area contributed by atoms with Crippen LogP contribution in [0.25, 0.3) is 0 Å². The van der Waals surface area contributed by atoms with Crippen LogP contribution < -0.4 is 0 Å². The summed E-state index contributed by atoms with van der Waals surface area (Å²) in [4.78, 5) is 12.4. The Kier molecular flexibility index (Phi) is 2.81. The summed E-state index contributed by atoms with van der Waals surface area (Å²) in [7, 11) is 0. The van der Waals surface area contributed by atoms with Crippen LogP contribution in [0, 0.1) is 10.1 Å². The van der Waals surface area contributed by atoms with Gasteiger partial charge in [0.05, 0.1) is 11.5 Å². The van der Waals surface area contributed by atoms with Gasteiger partial charge < -0.3 is 0 Å². The Hall–Kier alpha value is -0.900. The van der Waals surface area contributed by atoms with Crippen molar-refractivity contribution in [1.29, 1.82) is 0 Å². The molecule has 0 bridgehead atoms. The molecule has 1 heterocycles. The predicted octanol–water partition coefficient (Wildman–Crippen LogP) is 1.26. The summed E-state index contributed by atoms with van der Waals surface area (Å²) >= 11 is 0. The van der Waals surface area contributed by atoms with Crippen molar-refractivity contribution in [2.75, 3.05) is 19.6 Å². The Morgan fingerprint density at radius 2 is 2.33 bits per heavy atom. The van der Waals surface area contributed by atoms with Crippen LogP contribution in [-0.2, 0) is 0 Å². The number of rotatable bonds is 2. The fraction of sp³-hybridized carbons (Fsp3) is 0.750. The predicted molar refractivity (Wildman–Crippen MR) is 46.4 cm³/mol. The van der Waals surface area contributed by atoms with E-state index in [0.717, 1.165) is 25.1 Å². The lowest BCUT2D eigenvalue weighted by Gasteiger charge is -2.23. The molecule has 4 nitrogen and oxygen atoms in total. The standard InChI is InChI=1S/C8H14N2O2/c1-3-9-5-4-7(2)8(6-9)10(11)12/h3-6H2,1-2H3. The van der Waals surface area contributed by atoms with Gasteiger partial charge in [-0.3, -0.25) is 15.0 Å². The molecule has 0 radical (unpaired) electrons. The second-order valence-electron chi connectivity index (χ2n) is 3.10. The molecule has 0 saturated heterocycles. The van der Waals surface area contributed by atoms with Gasteiger partial charge in [-0.2, -0.15) is 0 Å². The van der Waals surface area contributed by atoms with E-state index in [4.69, 9.17) is 0 Å². The first-order valence-corrected chi connectivity index (χ1v) is 4.20. The Bertz CT molecular complexity index is 223. The first-order valence-electron chi connectivity index (χ1n) is 4.20. The molecule has 0 unspecified atom stereocenters. The summed E-state index contributed by atoms with van der Waals surface area (Å²) in [6.07, 6.45) is 0.837. The molecule has 0 fully saturated rings. The van der Waals surface area contributed by atoms with Gasteiger partial charge >= 0.3 is 0 Å². The Labute approximate surface area is 72.0 Å². The number of nitro groups is 1. The highest BCUT2D eigenvalue weighted by atomic mass is 16.6. The number of likely N-dealkylation sites (N-methyl/N-ethyl adjacent to an activating group) is 1. The highest BCUT2D eigenvalue weighted by Crippen LogP contribution is 2.16. The van der Waals surface area contributed by atoms with Crippen molar-refractivity contribution in [3.05, 3.63) is 21.4 Å². The zero-order valence-electron chi connectivity index (χ0n) is 7.54. The van der Waals surface area contributed by atoms with Crippen molar-refractivity contribution in [3.63, 3.8) is 0 Å². The van der Waals surface area contributed by atoms with Gasteiger partial charge in [-0.1, -0.05) is 6.92 Å². The van der Waals surface area contributed by atoms with Gasteiger partial charge in [-0.15, -0.1) is 0 Å². The lowest BCUT2D eigenvalue weighted by atomic mass is 10.1. The first kappa shape index (κ1) is 9.19. The molecule has 0 aliphatic carbocycles. The van der Waals surface area contributed by atoms with E-state index in [1.807, 2.05) is 13.8 Å². The molecule has 4 heteroatoms. The molecule has 0 aromatic heterocycles. The first-order chi connectivity index (χ1) is 5.65. The van der Waals surface area contributed by atoms with Gasteiger partial charge in [0.15, 0.2) is 0 Å². The molecule has 68 valence electrons. The summed E-state index contributed by atoms with van der Waals surface area (Å²) in [5, 5.41) is 10.5. The van der Waals surface area contributed by atoms with Crippen LogP contribution in [0.2, 0.25) is 0 Å². The lowest BCUT2D eigenvalue weighted by Crippen LogP contribution is -2.33. The zero-order chi connectivity index (χ0) is 9.14. The highest BCUT2D eigenvalue weighted by Gasteiger charge is 2.23. The van der Waals surface area contributed by atoms with E-state index < -0.39 is 0 Å². The maximum atomic E-state index is 10.5. The molecule has 1 aliphatic heterocycles. The lowest BCUT2D eigenvalue weighted by molar-refractivity contribution is -0.430. The van der Waals surface area contributed by atoms with Crippen molar-refractivity contribution in [3.8, 4) is 0 Å². The summed E-state index contributed by atoms with van der Waals surface area (Å²) in [5.41, 5.74) is 1.33. The van der Waals surface area contributed by atoms with Gasteiger partial charge in [0.1, 0.15) is 0 Å². The van der Waals surface area contributed by atoms with E-state index in [1.54, 1.807) is 0 Å². The second kappa shape index (κ2) is 3.67. The average Bonchev–Trinajstić information content (AvgIpc) is 2.05. The van der Waals surface area contributed by atoms with Crippen LogP contribution in [0.4, 0.5) is 0 Å². The molecule has 0 amide bonds. The van der Waals surface area contributed by atoms with Crippen molar-refractivity contribution in [1.82, 2.24) is 4.90 Å². The van der Waals surface area contributed by atoms with E-state index in [-0.39, 0.29) is 4.92 Å². The number of nitrogens with zero attached hydrogens (tertiary/aromatic N) is 2. The van der Waals surface area contributed by atoms with Gasteiger partial charge in [-0.05, 0) is 19.9 Å². The molecular weight excluding hydrogens is 156 g/mol. The minimum absolute atomic E-state index is 0.253. The quantitative estimate of drug-likeness (QED) is 0.463. The molecule has 0 saturated carbocycles. The van der Waals surface area contributed by atoms with Crippen molar-refractivity contribution < 1.29 is 4.92 Å². The topological polar surface area (TPSA) is 46.4 Å². The van der Waals surface area contributed by atoms with Crippen molar-refractivity contribution >= 4 is 0 Å². The van der Waals surface area contributed by atoms with E-state index in [1.165, 1.54) is 0 Å². The van der Waals surface area contributed by atoms with Gasteiger partial charge in [0.25, 0.3) is 5.70 Å². The maximum absolute atomic E-state index is 10.5. The molecule has 0 atom stereocenters. The normalized spacial score (nSPS) is 19.8. The molecule has 0 aromatic rings. The fourth-order valence-corrected chi connectivity index (χ4v) is 1.38. The molecule has 0 N–H and O–H groups in total. The van der Waals surface area contributed by atoms with E-state index >= 15 is 0 Å². The fourth-order valence-electron chi connectivity index (χ4n) is 1.38. The van der Waals surface area contributed by atoms with Gasteiger partial charge in [-0.25, -0.2) is 0 Å². The van der Waals surface area contributed by atoms with Crippen molar-refractivity contribution in [2.45, 2.75) is 20.3 Å².